The van der Waals surface area contributed by atoms with E-state index in [1.54, 1.807) is 6.20 Å². The summed E-state index contributed by atoms with van der Waals surface area (Å²) in [6.07, 6.45) is 4.03. The maximum Gasteiger partial charge on any atom is 0.147 e. The monoisotopic (exact) mass is 322 g/mol. The van der Waals surface area contributed by atoms with Crippen LogP contribution in [0.25, 0.3) is 0 Å². The van der Waals surface area contributed by atoms with E-state index in [-0.39, 0.29) is 0 Å². The van der Waals surface area contributed by atoms with Gasteiger partial charge in [-0.25, -0.2) is 4.98 Å². The lowest BCUT2D eigenvalue weighted by molar-refractivity contribution is 0.441. The summed E-state index contributed by atoms with van der Waals surface area (Å²) in [5, 5.41) is 0.707. The summed E-state index contributed by atoms with van der Waals surface area (Å²) in [6, 6.07) is 1.89. The van der Waals surface area contributed by atoms with Gasteiger partial charge in [-0.2, -0.15) is 0 Å². The summed E-state index contributed by atoms with van der Waals surface area (Å²) < 4.78 is 0.914. The zero-order valence-electron chi connectivity index (χ0n) is 8.80. The van der Waals surface area contributed by atoms with Crippen LogP contribution in [0.3, 0.4) is 0 Å². The Hall–Kier alpha value is 0.01000. The van der Waals surface area contributed by atoms with Crippen molar-refractivity contribution in [1.29, 1.82) is 0 Å². The third-order valence-electron chi connectivity index (χ3n) is 2.92. The first kappa shape index (κ1) is 12.5. The number of piperidine rings is 1. The van der Waals surface area contributed by atoms with Crippen molar-refractivity contribution in [2.45, 2.75) is 12.8 Å². The fourth-order valence-corrected chi connectivity index (χ4v) is 3.00. The van der Waals surface area contributed by atoms with Crippen LogP contribution in [0.4, 0.5) is 5.82 Å². The molecular weight excluding hydrogens is 311 g/mol. The van der Waals surface area contributed by atoms with Gasteiger partial charge in [0, 0.05) is 29.6 Å². The average molecular weight is 324 g/mol. The van der Waals surface area contributed by atoms with Gasteiger partial charge < -0.3 is 4.90 Å². The minimum atomic E-state index is 0.646. The molecule has 0 saturated carbocycles. The molecule has 0 atom stereocenters. The lowest BCUT2D eigenvalue weighted by atomic mass is 9.99. The summed E-state index contributed by atoms with van der Waals surface area (Å²) >= 11 is 15.4. The van der Waals surface area contributed by atoms with Gasteiger partial charge in [0.2, 0.25) is 0 Å². The topological polar surface area (TPSA) is 16.1 Å². The van der Waals surface area contributed by atoms with Gasteiger partial charge in [-0.1, -0.05) is 11.6 Å². The number of alkyl halides is 1. The Balaban J connectivity index is 2.08. The minimum absolute atomic E-state index is 0.646. The maximum atomic E-state index is 6.17. The SMILES string of the molecule is ClCC1CCN(c2ncc(Br)cc2Cl)CC1. The number of pyridine rings is 1. The molecule has 0 N–H and O–H groups in total. The molecule has 1 aliphatic heterocycles. The van der Waals surface area contributed by atoms with Gasteiger partial charge >= 0.3 is 0 Å². The molecular formula is C11H13BrCl2N2. The lowest BCUT2D eigenvalue weighted by Crippen LogP contribution is -2.34. The fourth-order valence-electron chi connectivity index (χ4n) is 1.94. The summed E-state index contributed by atoms with van der Waals surface area (Å²) in [4.78, 5) is 6.60. The highest BCUT2D eigenvalue weighted by Crippen LogP contribution is 2.29. The first-order valence-electron chi connectivity index (χ1n) is 5.32. The highest BCUT2D eigenvalue weighted by molar-refractivity contribution is 9.10. The Morgan fingerprint density at radius 3 is 2.69 bits per heavy atom. The third-order valence-corrected chi connectivity index (χ3v) is 4.07. The Morgan fingerprint density at radius 2 is 2.12 bits per heavy atom. The second-order valence-electron chi connectivity index (χ2n) is 4.04. The second-order valence-corrected chi connectivity index (χ2v) is 5.68. The predicted octanol–water partition coefficient (Wildman–Crippen LogP) is 3.95. The molecule has 1 aliphatic rings. The summed E-state index contributed by atoms with van der Waals surface area (Å²) in [5.74, 6) is 2.29. The van der Waals surface area contributed by atoms with E-state index in [0.717, 1.165) is 42.1 Å². The van der Waals surface area contributed by atoms with Crippen molar-refractivity contribution in [3.63, 3.8) is 0 Å². The summed E-state index contributed by atoms with van der Waals surface area (Å²) in [7, 11) is 0. The van der Waals surface area contributed by atoms with Gasteiger partial charge in [-0.3, -0.25) is 0 Å². The molecule has 0 spiro atoms. The van der Waals surface area contributed by atoms with E-state index in [0.29, 0.717) is 10.9 Å². The van der Waals surface area contributed by atoms with Gasteiger partial charge in [-0.15, -0.1) is 11.6 Å². The van der Waals surface area contributed by atoms with Gasteiger partial charge in [0.15, 0.2) is 0 Å². The van der Waals surface area contributed by atoms with Crippen LogP contribution in [0.15, 0.2) is 16.7 Å². The molecule has 2 rings (SSSR count). The molecule has 2 nitrogen and oxygen atoms in total. The molecule has 16 heavy (non-hydrogen) atoms. The number of nitrogens with zero attached hydrogens (tertiary/aromatic N) is 2. The Bertz CT molecular complexity index is 365. The zero-order valence-corrected chi connectivity index (χ0v) is 11.9. The normalized spacial score (nSPS) is 17.8. The van der Waals surface area contributed by atoms with Gasteiger partial charge in [0.05, 0.1) is 5.02 Å². The number of rotatable bonds is 2. The Morgan fingerprint density at radius 1 is 1.44 bits per heavy atom. The molecule has 0 unspecified atom stereocenters. The van der Waals surface area contributed by atoms with Crippen molar-refractivity contribution >= 4 is 44.9 Å². The Labute approximate surface area is 114 Å². The standard InChI is InChI=1S/C11H13BrCl2N2/c12-9-5-10(14)11(15-7-9)16-3-1-8(6-13)2-4-16/h5,7-8H,1-4,6H2. The van der Waals surface area contributed by atoms with Gasteiger partial charge in [-0.05, 0) is 40.8 Å². The van der Waals surface area contributed by atoms with Crippen LogP contribution < -0.4 is 4.90 Å². The molecule has 1 fully saturated rings. The van der Waals surface area contributed by atoms with Crippen LogP contribution in [0.5, 0.6) is 0 Å². The molecule has 1 aromatic rings. The first-order chi connectivity index (χ1) is 7.70. The van der Waals surface area contributed by atoms with E-state index >= 15 is 0 Å². The highest BCUT2D eigenvalue weighted by atomic mass is 79.9. The predicted molar refractivity (Wildman–Crippen MR) is 72.6 cm³/mol. The van der Waals surface area contributed by atoms with Gasteiger partial charge in [0.25, 0.3) is 0 Å². The maximum absolute atomic E-state index is 6.17. The summed E-state index contributed by atoms with van der Waals surface area (Å²) in [5.41, 5.74) is 0. The molecule has 0 bridgehead atoms. The van der Waals surface area contributed by atoms with Crippen LogP contribution in [0, 0.1) is 5.92 Å². The molecule has 1 saturated heterocycles. The lowest BCUT2D eigenvalue weighted by Gasteiger charge is -2.32. The summed E-state index contributed by atoms with van der Waals surface area (Å²) in [6.45, 7) is 1.98. The first-order valence-corrected chi connectivity index (χ1v) is 7.03. The number of anilines is 1. The highest BCUT2D eigenvalue weighted by Gasteiger charge is 2.20. The largest absolute Gasteiger partial charge is 0.355 e. The molecule has 0 radical (unpaired) electrons. The third kappa shape index (κ3) is 2.82. The van der Waals surface area contributed by atoms with Crippen LogP contribution in [-0.4, -0.2) is 24.0 Å². The van der Waals surface area contributed by atoms with Gasteiger partial charge in [0.1, 0.15) is 5.82 Å². The van der Waals surface area contributed by atoms with Crippen LogP contribution >= 0.6 is 39.1 Å². The smallest absolute Gasteiger partial charge is 0.147 e. The van der Waals surface area contributed by atoms with Crippen LogP contribution in [-0.2, 0) is 0 Å². The molecule has 0 amide bonds. The van der Waals surface area contributed by atoms with E-state index in [1.807, 2.05) is 6.07 Å². The van der Waals surface area contributed by atoms with E-state index in [1.165, 1.54) is 0 Å². The molecule has 0 aromatic carbocycles. The van der Waals surface area contributed by atoms with Crippen molar-refractivity contribution in [1.82, 2.24) is 4.98 Å². The van der Waals surface area contributed by atoms with Crippen molar-refractivity contribution < 1.29 is 0 Å². The number of hydrogen-bond donors (Lipinski definition) is 0. The molecule has 5 heteroatoms. The number of aromatic nitrogens is 1. The van der Waals surface area contributed by atoms with Crippen molar-refractivity contribution in [2.75, 3.05) is 23.9 Å². The second kappa shape index (κ2) is 5.56. The minimum Gasteiger partial charge on any atom is -0.355 e. The van der Waals surface area contributed by atoms with E-state index in [4.69, 9.17) is 23.2 Å². The molecule has 0 aliphatic carbocycles. The molecule has 88 valence electrons. The average Bonchev–Trinajstić information content (AvgIpc) is 2.29. The van der Waals surface area contributed by atoms with Crippen molar-refractivity contribution in [3.8, 4) is 0 Å². The van der Waals surface area contributed by atoms with Crippen LogP contribution in [0.1, 0.15) is 12.8 Å². The van der Waals surface area contributed by atoms with E-state index in [9.17, 15) is 0 Å². The van der Waals surface area contributed by atoms with Crippen molar-refractivity contribution in [3.05, 3.63) is 21.8 Å². The van der Waals surface area contributed by atoms with Crippen LogP contribution in [0.2, 0.25) is 5.02 Å². The van der Waals surface area contributed by atoms with E-state index < -0.39 is 0 Å². The molecule has 2 heterocycles. The molecule has 1 aromatic heterocycles. The van der Waals surface area contributed by atoms with Crippen molar-refractivity contribution in [2.24, 2.45) is 5.92 Å². The number of halogens is 3. The Kier molecular flexibility index (Phi) is 4.34. The quantitative estimate of drug-likeness (QED) is 0.766. The number of hydrogen-bond acceptors (Lipinski definition) is 2. The van der Waals surface area contributed by atoms with E-state index in [2.05, 4.69) is 25.8 Å². The fraction of sp³-hybridized carbons (Fsp3) is 0.545. The zero-order chi connectivity index (χ0) is 11.5.